The van der Waals surface area contributed by atoms with E-state index in [1.165, 1.54) is 48.5 Å². The molecule has 4 aromatic rings. The minimum atomic E-state index is -3.98. The van der Waals surface area contributed by atoms with Gasteiger partial charge in [-0.2, -0.15) is 16.8 Å². The molecular formula is C30H28O10S2. The summed E-state index contributed by atoms with van der Waals surface area (Å²) in [5, 5.41) is 17.7. The molecule has 2 N–H and O–H groups in total. The van der Waals surface area contributed by atoms with E-state index in [2.05, 4.69) is 0 Å². The van der Waals surface area contributed by atoms with Crippen LogP contribution in [0.2, 0.25) is 0 Å². The second kappa shape index (κ2) is 13.8. The van der Waals surface area contributed by atoms with Crippen LogP contribution in [0.5, 0.6) is 11.5 Å². The van der Waals surface area contributed by atoms with Crippen molar-refractivity contribution in [1.82, 2.24) is 0 Å². The highest BCUT2D eigenvalue weighted by Crippen LogP contribution is 2.25. The van der Waals surface area contributed by atoms with Gasteiger partial charge in [-0.25, -0.2) is 0 Å². The molecule has 0 aliphatic rings. The number of hydrogen-bond acceptors (Lipinski definition) is 8. The summed E-state index contributed by atoms with van der Waals surface area (Å²) in [6.07, 6.45) is -0.612. The van der Waals surface area contributed by atoms with Crippen LogP contribution in [0.15, 0.2) is 107 Å². The van der Waals surface area contributed by atoms with Crippen molar-refractivity contribution >= 4 is 32.2 Å². The third kappa shape index (κ3) is 9.18. The van der Waals surface area contributed by atoms with E-state index in [1.807, 2.05) is 13.8 Å². The number of para-hydroxylation sites is 2. The molecule has 4 aromatic carbocycles. The van der Waals surface area contributed by atoms with E-state index in [4.69, 9.17) is 18.6 Å². The van der Waals surface area contributed by atoms with Crippen molar-refractivity contribution in [2.45, 2.75) is 36.5 Å². The first-order chi connectivity index (χ1) is 19.8. The molecule has 0 aliphatic carbocycles. The Labute approximate surface area is 244 Å². The Morgan fingerprint density at radius 2 is 0.857 bits per heavy atom. The summed E-state index contributed by atoms with van der Waals surface area (Å²) in [6, 6.07) is 24.8. The van der Waals surface area contributed by atoms with Crippen molar-refractivity contribution in [2.75, 3.05) is 0 Å². The molecule has 0 bridgehead atoms. The molecule has 0 aliphatic heterocycles. The molecule has 4 rings (SSSR count). The Bertz CT molecular complexity index is 1630. The van der Waals surface area contributed by atoms with Gasteiger partial charge in [-0.15, -0.1) is 0 Å². The summed E-state index contributed by atoms with van der Waals surface area (Å²) >= 11 is 0. The van der Waals surface area contributed by atoms with Crippen LogP contribution in [0.4, 0.5) is 0 Å². The number of hydrogen-bond donors (Lipinski definition) is 2. The van der Waals surface area contributed by atoms with Gasteiger partial charge >= 0.3 is 32.2 Å². The molecule has 0 spiro atoms. The maximum Gasteiger partial charge on any atom is 0.339 e. The molecule has 0 aromatic heterocycles. The van der Waals surface area contributed by atoms with Crippen LogP contribution in [0.25, 0.3) is 0 Å². The van der Waals surface area contributed by atoms with Crippen molar-refractivity contribution in [3.63, 3.8) is 0 Å². The quantitative estimate of drug-likeness (QED) is 0.238. The Kier molecular flexibility index (Phi) is 10.5. The Morgan fingerprint density at radius 3 is 1.17 bits per heavy atom. The van der Waals surface area contributed by atoms with Crippen LogP contribution >= 0.6 is 0 Å². The lowest BCUT2D eigenvalue weighted by molar-refractivity contribution is -0.137. The van der Waals surface area contributed by atoms with Gasteiger partial charge in [0.2, 0.25) is 0 Å². The number of carboxylic acids is 2. The van der Waals surface area contributed by atoms with Gasteiger partial charge in [-0.3, -0.25) is 9.59 Å². The van der Waals surface area contributed by atoms with Gasteiger partial charge < -0.3 is 18.6 Å². The molecular weight excluding hydrogens is 584 g/mol. The smallest absolute Gasteiger partial charge is 0.339 e. The van der Waals surface area contributed by atoms with Gasteiger partial charge in [0.25, 0.3) is 0 Å². The van der Waals surface area contributed by atoms with Gasteiger partial charge in [0.1, 0.15) is 21.3 Å². The molecule has 0 heterocycles. The van der Waals surface area contributed by atoms with Gasteiger partial charge in [-0.1, -0.05) is 71.8 Å². The van der Waals surface area contributed by atoms with Crippen molar-refractivity contribution in [1.29, 1.82) is 0 Å². The third-order valence-corrected chi connectivity index (χ3v) is 8.14. The van der Waals surface area contributed by atoms with Crippen LogP contribution in [0, 0.1) is 13.8 Å². The van der Waals surface area contributed by atoms with Gasteiger partial charge in [0.15, 0.2) is 0 Å². The van der Waals surface area contributed by atoms with E-state index in [9.17, 15) is 26.4 Å². The molecule has 0 radical (unpaired) electrons. The van der Waals surface area contributed by atoms with E-state index >= 15 is 0 Å². The average Bonchev–Trinajstić information content (AvgIpc) is 2.91. The van der Waals surface area contributed by atoms with Crippen molar-refractivity contribution in [3.05, 3.63) is 119 Å². The van der Waals surface area contributed by atoms with Crippen LogP contribution in [0.1, 0.15) is 22.3 Å². The zero-order chi connectivity index (χ0) is 30.9. The number of rotatable bonds is 10. The maximum atomic E-state index is 12.2. The van der Waals surface area contributed by atoms with E-state index in [0.29, 0.717) is 11.1 Å². The molecule has 10 nitrogen and oxygen atoms in total. The molecule has 0 unspecified atom stereocenters. The summed E-state index contributed by atoms with van der Waals surface area (Å²) in [6.45, 7) is 3.69. The van der Waals surface area contributed by atoms with E-state index in [-0.39, 0.29) is 34.1 Å². The fraction of sp³-hybridized carbons (Fsp3) is 0.133. The topological polar surface area (TPSA) is 161 Å². The van der Waals surface area contributed by atoms with Crippen LogP contribution in [-0.2, 0) is 42.7 Å². The maximum absolute atomic E-state index is 12.2. The second-order valence-electron chi connectivity index (χ2n) is 9.06. The number of aryl methyl sites for hydroxylation is 2. The van der Waals surface area contributed by atoms with Crippen molar-refractivity contribution in [2.24, 2.45) is 0 Å². The van der Waals surface area contributed by atoms with E-state index in [0.717, 1.165) is 11.1 Å². The first kappa shape index (κ1) is 31.8. The lowest BCUT2D eigenvalue weighted by Crippen LogP contribution is -2.12. The zero-order valence-electron chi connectivity index (χ0n) is 22.6. The second-order valence-corrected chi connectivity index (χ2v) is 12.2. The normalized spacial score (nSPS) is 11.1. The lowest BCUT2D eigenvalue weighted by Gasteiger charge is -2.10. The van der Waals surface area contributed by atoms with E-state index < -0.39 is 32.2 Å². The van der Waals surface area contributed by atoms with Gasteiger partial charge in [-0.05, 0) is 50.2 Å². The van der Waals surface area contributed by atoms with E-state index in [1.54, 1.807) is 48.5 Å². The van der Waals surface area contributed by atoms with Crippen LogP contribution in [-0.4, -0.2) is 39.0 Å². The van der Waals surface area contributed by atoms with Crippen molar-refractivity contribution < 1.29 is 45.0 Å². The molecule has 42 heavy (non-hydrogen) atoms. The summed E-state index contributed by atoms with van der Waals surface area (Å²) in [5.41, 5.74) is 2.47. The first-order valence-electron chi connectivity index (χ1n) is 12.4. The molecule has 0 saturated heterocycles. The number of aliphatic carboxylic acids is 2. The van der Waals surface area contributed by atoms with Crippen LogP contribution in [0.3, 0.4) is 0 Å². The fourth-order valence-electron chi connectivity index (χ4n) is 3.53. The minimum absolute atomic E-state index is 0.0261. The molecule has 0 atom stereocenters. The largest absolute Gasteiger partial charge is 0.481 e. The molecule has 0 fully saturated rings. The highest BCUT2D eigenvalue weighted by molar-refractivity contribution is 7.87. The zero-order valence-corrected chi connectivity index (χ0v) is 24.3. The molecule has 0 saturated carbocycles. The summed E-state index contributed by atoms with van der Waals surface area (Å²) in [4.78, 5) is 21.6. The first-order valence-corrected chi connectivity index (χ1v) is 15.2. The predicted octanol–water partition coefficient (Wildman–Crippen LogP) is 4.78. The monoisotopic (exact) mass is 612 g/mol. The fourth-order valence-corrected chi connectivity index (χ4v) is 5.46. The van der Waals surface area contributed by atoms with Crippen molar-refractivity contribution in [3.8, 4) is 11.5 Å². The Morgan fingerprint density at radius 1 is 0.548 bits per heavy atom. The standard InChI is InChI=1S/2C15H14O5S/c2*1-11-6-8-13(9-7-11)21(18,19)20-14-5-3-2-4-12(14)10-15(16)17/h2*2-9H,10H2,1H3,(H,16,17). The third-order valence-electron chi connectivity index (χ3n) is 5.65. The average molecular weight is 613 g/mol. The summed E-state index contributed by atoms with van der Waals surface area (Å²) in [7, 11) is -7.96. The predicted molar refractivity (Wildman–Crippen MR) is 154 cm³/mol. The summed E-state index contributed by atoms with van der Waals surface area (Å²) < 4.78 is 58.9. The van der Waals surface area contributed by atoms with Gasteiger partial charge in [0.05, 0.1) is 12.8 Å². The summed E-state index contributed by atoms with van der Waals surface area (Å²) in [5.74, 6) is -2.06. The highest BCUT2D eigenvalue weighted by Gasteiger charge is 2.20. The molecule has 0 amide bonds. The number of benzene rings is 4. The van der Waals surface area contributed by atoms with Crippen LogP contribution < -0.4 is 8.37 Å². The minimum Gasteiger partial charge on any atom is -0.481 e. The Balaban J connectivity index is 0.000000230. The van der Waals surface area contributed by atoms with Gasteiger partial charge in [0, 0.05) is 11.1 Å². The number of carboxylic acid groups (broad SMARTS) is 2. The highest BCUT2D eigenvalue weighted by atomic mass is 32.2. The number of carbonyl (C=O) groups is 2. The lowest BCUT2D eigenvalue weighted by atomic mass is 10.1. The molecule has 12 heteroatoms. The Hall–Kier alpha value is -4.68. The molecule has 220 valence electrons. The SMILES string of the molecule is Cc1ccc(S(=O)(=O)Oc2ccccc2CC(=O)O)cc1.Cc1ccc(S(=O)(=O)Oc2ccccc2CC(=O)O)cc1.